The average molecular weight is 395 g/mol. The zero-order valence-electron chi connectivity index (χ0n) is 14.4. The van der Waals surface area contributed by atoms with Gasteiger partial charge in [0.2, 0.25) is 0 Å². The molecule has 26 heavy (non-hydrogen) atoms. The first-order valence-electron chi connectivity index (χ1n) is 8.01. The van der Waals surface area contributed by atoms with Crippen molar-refractivity contribution in [3.05, 3.63) is 56.7 Å². The lowest BCUT2D eigenvalue weighted by Crippen LogP contribution is -2.37. The summed E-state index contributed by atoms with van der Waals surface area (Å²) in [6.07, 6.45) is -0.682. The van der Waals surface area contributed by atoms with E-state index in [1.807, 2.05) is 30.3 Å². The highest BCUT2D eigenvalue weighted by Gasteiger charge is 2.20. The van der Waals surface area contributed by atoms with Crippen molar-refractivity contribution in [2.24, 2.45) is 14.1 Å². The summed E-state index contributed by atoms with van der Waals surface area (Å²) in [5, 5.41) is 10.3. The molecular weight excluding hydrogens is 376 g/mol. The van der Waals surface area contributed by atoms with E-state index in [0.29, 0.717) is 28.6 Å². The molecule has 0 fully saturated rings. The molecule has 9 heteroatoms. The maximum absolute atomic E-state index is 12.7. The number of aliphatic hydroxyl groups is 1. The monoisotopic (exact) mass is 394 g/mol. The number of aromatic nitrogens is 4. The summed E-state index contributed by atoms with van der Waals surface area (Å²) in [6, 6.07) is 9.68. The number of halogens is 1. The summed E-state index contributed by atoms with van der Waals surface area (Å²) >= 11 is 6.98. The largest absolute Gasteiger partial charge is 0.391 e. The van der Waals surface area contributed by atoms with E-state index in [1.54, 1.807) is 11.6 Å². The Bertz CT molecular complexity index is 1040. The second-order valence-electron chi connectivity index (χ2n) is 5.96. The average Bonchev–Trinajstić information content (AvgIpc) is 3.02. The lowest BCUT2D eigenvalue weighted by molar-refractivity contribution is 0.223. The van der Waals surface area contributed by atoms with Crippen LogP contribution in [0.1, 0.15) is 5.56 Å². The smallest absolute Gasteiger partial charge is 0.332 e. The Morgan fingerprint density at radius 1 is 1.19 bits per heavy atom. The van der Waals surface area contributed by atoms with Gasteiger partial charge in [-0.1, -0.05) is 42.1 Å². The molecule has 1 N–H and O–H groups in total. The molecule has 0 bridgehead atoms. The minimum absolute atomic E-state index is 0.117. The summed E-state index contributed by atoms with van der Waals surface area (Å²) < 4.78 is 4.23. The predicted octanol–water partition coefficient (Wildman–Crippen LogP) is 1.17. The molecule has 0 unspecified atom stereocenters. The molecule has 0 radical (unpaired) electrons. The normalized spacial score (nSPS) is 12.6. The second kappa shape index (κ2) is 7.69. The zero-order valence-corrected chi connectivity index (χ0v) is 16.0. The third-order valence-corrected chi connectivity index (χ3v) is 5.56. The number of alkyl halides is 1. The molecule has 0 aliphatic heterocycles. The van der Waals surface area contributed by atoms with E-state index < -0.39 is 17.4 Å². The van der Waals surface area contributed by atoms with E-state index in [-0.39, 0.29) is 5.88 Å². The molecule has 3 aromatic rings. The van der Waals surface area contributed by atoms with Crippen molar-refractivity contribution in [2.75, 3.05) is 11.6 Å². The number of rotatable bonds is 6. The highest BCUT2D eigenvalue weighted by atomic mass is 35.5. The van der Waals surface area contributed by atoms with Crippen molar-refractivity contribution < 1.29 is 5.11 Å². The van der Waals surface area contributed by atoms with Crippen LogP contribution in [0.25, 0.3) is 11.2 Å². The number of hydrogen-bond donors (Lipinski definition) is 1. The van der Waals surface area contributed by atoms with Crippen LogP contribution < -0.4 is 11.2 Å². The molecule has 0 aliphatic rings. The van der Waals surface area contributed by atoms with Crippen molar-refractivity contribution in [1.29, 1.82) is 0 Å². The molecule has 2 aromatic heterocycles. The van der Waals surface area contributed by atoms with Crippen molar-refractivity contribution in [2.45, 2.75) is 17.8 Å². The van der Waals surface area contributed by atoms with E-state index in [9.17, 15) is 14.7 Å². The Hall–Kier alpha value is -2.03. The Kier molecular flexibility index (Phi) is 5.55. The van der Waals surface area contributed by atoms with Gasteiger partial charge < -0.3 is 9.67 Å². The Morgan fingerprint density at radius 3 is 2.54 bits per heavy atom. The van der Waals surface area contributed by atoms with Gasteiger partial charge in [0.1, 0.15) is 0 Å². The van der Waals surface area contributed by atoms with Crippen molar-refractivity contribution >= 4 is 34.5 Å². The van der Waals surface area contributed by atoms with Gasteiger partial charge in [0.25, 0.3) is 5.56 Å². The fraction of sp³-hybridized carbons (Fsp3) is 0.353. The van der Waals surface area contributed by atoms with Crippen LogP contribution in [0.4, 0.5) is 0 Å². The van der Waals surface area contributed by atoms with Gasteiger partial charge in [-0.05, 0) is 5.56 Å². The molecule has 7 nitrogen and oxygen atoms in total. The summed E-state index contributed by atoms with van der Waals surface area (Å²) in [4.78, 5) is 29.4. The number of aliphatic hydroxyl groups excluding tert-OH is 1. The molecular formula is C17H19ClN4O3S. The summed E-state index contributed by atoms with van der Waals surface area (Å²) in [5.74, 6) is 0.460. The van der Waals surface area contributed by atoms with E-state index in [4.69, 9.17) is 11.6 Å². The number of benzene rings is 1. The highest BCUT2D eigenvalue weighted by Crippen LogP contribution is 2.23. The van der Waals surface area contributed by atoms with Crippen molar-refractivity contribution in [3.8, 4) is 0 Å². The summed E-state index contributed by atoms with van der Waals surface area (Å²) in [6.45, 7) is 0.435. The summed E-state index contributed by atoms with van der Waals surface area (Å²) in [5.41, 5.74) is 0.876. The maximum Gasteiger partial charge on any atom is 0.332 e. The van der Waals surface area contributed by atoms with E-state index in [1.165, 1.54) is 23.4 Å². The Labute approximate surface area is 158 Å². The van der Waals surface area contributed by atoms with Gasteiger partial charge >= 0.3 is 5.69 Å². The number of thioether (sulfide) groups is 1. The minimum atomic E-state index is -0.682. The van der Waals surface area contributed by atoms with Crippen LogP contribution in [0.2, 0.25) is 0 Å². The quantitative estimate of drug-likeness (QED) is 0.501. The van der Waals surface area contributed by atoms with Crippen LogP contribution in [0, 0.1) is 0 Å². The lowest BCUT2D eigenvalue weighted by atomic mass is 10.2. The first kappa shape index (κ1) is 18.8. The van der Waals surface area contributed by atoms with Gasteiger partial charge in [0.15, 0.2) is 16.3 Å². The molecule has 138 valence electrons. The number of imidazole rings is 1. The Morgan fingerprint density at radius 2 is 1.88 bits per heavy atom. The molecule has 0 spiro atoms. The fourth-order valence-electron chi connectivity index (χ4n) is 2.66. The van der Waals surface area contributed by atoms with Crippen molar-refractivity contribution in [1.82, 2.24) is 18.7 Å². The van der Waals surface area contributed by atoms with Gasteiger partial charge in [-0.25, -0.2) is 9.78 Å². The predicted molar refractivity (Wildman–Crippen MR) is 103 cm³/mol. The number of fused-ring (bicyclic) bond motifs is 1. The van der Waals surface area contributed by atoms with Crippen LogP contribution in [-0.4, -0.2) is 41.5 Å². The molecule has 1 aromatic carbocycles. The van der Waals surface area contributed by atoms with Crippen LogP contribution in [0.5, 0.6) is 0 Å². The Balaban J connectivity index is 2.19. The first-order chi connectivity index (χ1) is 12.4. The van der Waals surface area contributed by atoms with Crippen LogP contribution in [0.3, 0.4) is 0 Å². The number of aryl methyl sites for hydroxylation is 1. The molecule has 2 heterocycles. The molecule has 0 aliphatic carbocycles. The van der Waals surface area contributed by atoms with E-state index >= 15 is 0 Å². The topological polar surface area (TPSA) is 82.1 Å². The van der Waals surface area contributed by atoms with Crippen LogP contribution in [-0.2, 0) is 20.6 Å². The minimum Gasteiger partial charge on any atom is -0.391 e. The highest BCUT2D eigenvalue weighted by molar-refractivity contribution is 7.99. The number of hydrogen-bond acceptors (Lipinski definition) is 5. The summed E-state index contributed by atoms with van der Waals surface area (Å²) in [7, 11) is 3.04. The van der Waals surface area contributed by atoms with Gasteiger partial charge in [0, 0.05) is 25.7 Å². The molecule has 0 amide bonds. The van der Waals surface area contributed by atoms with Gasteiger partial charge in [0.05, 0.1) is 12.6 Å². The van der Waals surface area contributed by atoms with Gasteiger partial charge in [-0.15, -0.1) is 11.6 Å². The second-order valence-corrected chi connectivity index (χ2v) is 7.26. The van der Waals surface area contributed by atoms with E-state index in [2.05, 4.69) is 4.98 Å². The molecule has 0 saturated heterocycles. The van der Waals surface area contributed by atoms with Crippen molar-refractivity contribution in [3.63, 3.8) is 0 Å². The standard InChI is InChI=1S/C17H19ClN4O3S/c1-20-14-13(15(24)21(2)17(20)25)22(9-11-6-4-3-5-7-11)16(19-14)26-10-12(23)8-18/h3-7,12,23H,8-10H2,1-2H3/t12-/m0/s1. The first-order valence-corrected chi connectivity index (χ1v) is 9.53. The van der Waals surface area contributed by atoms with Gasteiger partial charge in [-0.3, -0.25) is 13.9 Å². The SMILES string of the molecule is Cn1c(=O)c2c(nc(SC[C@@H](O)CCl)n2Cc2ccccc2)n(C)c1=O. The zero-order chi connectivity index (χ0) is 18.8. The fourth-order valence-corrected chi connectivity index (χ4v) is 3.83. The van der Waals surface area contributed by atoms with E-state index in [0.717, 1.165) is 10.1 Å². The molecule has 0 saturated carbocycles. The maximum atomic E-state index is 12.7. The lowest BCUT2D eigenvalue weighted by Gasteiger charge is -2.10. The van der Waals surface area contributed by atoms with Crippen LogP contribution in [0.15, 0.2) is 45.1 Å². The molecule has 1 atom stereocenters. The molecule has 3 rings (SSSR count). The third-order valence-electron chi connectivity index (χ3n) is 4.08. The number of nitrogens with zero attached hydrogens (tertiary/aromatic N) is 4. The van der Waals surface area contributed by atoms with Gasteiger partial charge in [-0.2, -0.15) is 0 Å². The third kappa shape index (κ3) is 3.44. The van der Waals surface area contributed by atoms with Crippen LogP contribution >= 0.6 is 23.4 Å².